The molecule has 2 saturated heterocycles. The van der Waals surface area contributed by atoms with E-state index in [1.54, 1.807) is 4.90 Å². The van der Waals surface area contributed by atoms with E-state index in [2.05, 4.69) is 10.6 Å². The average molecular weight is 693 g/mol. The van der Waals surface area contributed by atoms with Gasteiger partial charge in [0.2, 0.25) is 23.6 Å². The number of nitrogens with zero attached hydrogens (tertiary/aromatic N) is 2. The molecular weight excluding hydrogens is 658 g/mol. The molecule has 0 spiro atoms. The highest BCUT2D eigenvalue weighted by Crippen LogP contribution is 2.53. The number of carbonyl (C=O) groups excluding carboxylic acids is 4. The maximum absolute atomic E-state index is 14.3. The van der Waals surface area contributed by atoms with E-state index >= 15 is 0 Å². The molecular formula is C34H34FN4O7PS. The van der Waals surface area contributed by atoms with Crippen molar-refractivity contribution in [1.29, 1.82) is 0 Å². The number of anilines is 1. The van der Waals surface area contributed by atoms with Gasteiger partial charge in [0.15, 0.2) is 0 Å². The third-order valence-electron chi connectivity index (χ3n) is 8.84. The molecule has 0 aliphatic carbocycles. The molecule has 0 radical (unpaired) electrons. The molecule has 4 N–H and O–H groups in total. The van der Waals surface area contributed by atoms with Gasteiger partial charge in [-0.1, -0.05) is 48.5 Å². The lowest BCUT2D eigenvalue weighted by molar-refractivity contribution is -0.143. The molecule has 3 aromatic carbocycles. The van der Waals surface area contributed by atoms with Gasteiger partial charge in [0.1, 0.15) is 12.1 Å². The Morgan fingerprint density at radius 2 is 1.67 bits per heavy atom. The lowest BCUT2D eigenvalue weighted by Gasteiger charge is -2.38. The number of carbonyl (C=O) groups is 4. The number of rotatable bonds is 7. The van der Waals surface area contributed by atoms with E-state index in [-0.39, 0.29) is 34.8 Å². The van der Waals surface area contributed by atoms with Crippen molar-refractivity contribution in [2.24, 2.45) is 0 Å². The minimum absolute atomic E-state index is 0.0841. The molecule has 1 aromatic heterocycles. The van der Waals surface area contributed by atoms with E-state index < -0.39 is 37.4 Å². The molecule has 48 heavy (non-hydrogen) atoms. The molecule has 6 rings (SSSR count). The topological polar surface area (TPSA) is 156 Å². The normalized spacial score (nSPS) is 20.5. The van der Waals surface area contributed by atoms with Gasteiger partial charge in [-0.3, -0.25) is 23.7 Å². The number of benzene rings is 3. The Bertz CT molecular complexity index is 1920. The second-order valence-electron chi connectivity index (χ2n) is 12.0. The zero-order valence-corrected chi connectivity index (χ0v) is 27.6. The Morgan fingerprint density at radius 3 is 2.35 bits per heavy atom. The minimum atomic E-state index is -5.02. The second-order valence-corrected chi connectivity index (χ2v) is 14.8. The molecule has 0 bridgehead atoms. The number of hydrogen-bond donors (Lipinski definition) is 4. The number of nitrogens with one attached hydrogen (secondary N) is 2. The van der Waals surface area contributed by atoms with Crippen LogP contribution in [-0.4, -0.2) is 74.4 Å². The van der Waals surface area contributed by atoms with Gasteiger partial charge < -0.3 is 30.2 Å². The number of hydrogen-bond acceptors (Lipinski definition) is 6. The first kappa shape index (κ1) is 33.5. The van der Waals surface area contributed by atoms with Gasteiger partial charge in [0.25, 0.3) is 5.91 Å². The van der Waals surface area contributed by atoms with Crippen molar-refractivity contribution in [3.8, 4) is 11.1 Å². The maximum atomic E-state index is 14.3. The molecule has 11 nitrogen and oxygen atoms in total. The number of fused-ring (bicyclic) bond motifs is 2. The van der Waals surface area contributed by atoms with Crippen LogP contribution in [0.4, 0.5) is 10.1 Å². The van der Waals surface area contributed by atoms with E-state index in [0.717, 1.165) is 22.5 Å². The van der Waals surface area contributed by atoms with Crippen LogP contribution in [0.25, 0.3) is 21.2 Å². The summed E-state index contributed by atoms with van der Waals surface area (Å²) in [6.07, 6.45) is 1.48. The zero-order chi connectivity index (χ0) is 34.2. The number of thiophene rings is 1. The highest BCUT2D eigenvalue weighted by atomic mass is 32.1. The summed E-state index contributed by atoms with van der Waals surface area (Å²) in [6, 6.07) is 20.5. The van der Waals surface area contributed by atoms with Crippen LogP contribution in [0, 0.1) is 0 Å². The van der Waals surface area contributed by atoms with Gasteiger partial charge in [-0.15, -0.1) is 11.3 Å². The van der Waals surface area contributed by atoms with Crippen molar-refractivity contribution in [2.75, 3.05) is 18.4 Å². The average Bonchev–Trinajstić information content (AvgIpc) is 3.69. The predicted molar refractivity (Wildman–Crippen MR) is 180 cm³/mol. The van der Waals surface area contributed by atoms with Gasteiger partial charge in [-0.25, -0.2) is 4.39 Å². The Hall–Kier alpha value is -4.42. The van der Waals surface area contributed by atoms with Crippen LogP contribution in [-0.2, 0) is 18.9 Å². The molecule has 14 heteroatoms. The molecule has 2 aliphatic rings. The van der Waals surface area contributed by atoms with Crippen LogP contribution in [0.5, 0.6) is 0 Å². The van der Waals surface area contributed by atoms with Crippen LogP contribution in [0.3, 0.4) is 0 Å². The zero-order valence-electron chi connectivity index (χ0n) is 25.9. The summed E-state index contributed by atoms with van der Waals surface area (Å²) in [5.41, 5.74) is 2.41. The third-order valence-corrected chi connectivity index (χ3v) is 10.8. The first-order valence-corrected chi connectivity index (χ1v) is 18.0. The summed E-state index contributed by atoms with van der Waals surface area (Å²) < 4.78 is 26.3. The Labute approximate surface area is 279 Å². The molecule has 4 amide bonds. The van der Waals surface area contributed by atoms with Crippen molar-refractivity contribution in [2.45, 2.75) is 50.2 Å². The van der Waals surface area contributed by atoms with Crippen LogP contribution in [0.15, 0.2) is 78.9 Å². The highest BCUT2D eigenvalue weighted by molar-refractivity contribution is 7.51. The van der Waals surface area contributed by atoms with Gasteiger partial charge in [-0.2, -0.15) is 0 Å². The van der Waals surface area contributed by atoms with Crippen molar-refractivity contribution in [3.05, 3.63) is 89.3 Å². The number of halogens is 1. The van der Waals surface area contributed by atoms with Gasteiger partial charge in [0.05, 0.1) is 4.88 Å². The third kappa shape index (κ3) is 7.05. The Balaban J connectivity index is 1.20. The Morgan fingerprint density at radius 1 is 0.958 bits per heavy atom. The second kappa shape index (κ2) is 13.6. The molecule has 0 saturated carbocycles. The van der Waals surface area contributed by atoms with Crippen LogP contribution in [0.2, 0.25) is 0 Å². The first-order valence-electron chi connectivity index (χ1n) is 15.5. The molecule has 2 fully saturated rings. The first-order chi connectivity index (χ1) is 22.9. The van der Waals surface area contributed by atoms with Gasteiger partial charge in [-0.05, 0) is 71.7 Å². The van der Waals surface area contributed by atoms with E-state index in [1.807, 2.05) is 54.6 Å². The van der Waals surface area contributed by atoms with Crippen molar-refractivity contribution in [1.82, 2.24) is 15.1 Å². The summed E-state index contributed by atoms with van der Waals surface area (Å²) in [6.45, 7) is 1.66. The van der Waals surface area contributed by atoms with Gasteiger partial charge in [0, 0.05) is 36.4 Å². The van der Waals surface area contributed by atoms with Crippen LogP contribution >= 0.6 is 18.9 Å². The maximum Gasteiger partial charge on any atom is 0.363 e. The van der Waals surface area contributed by atoms with Crippen molar-refractivity contribution >= 4 is 58.3 Å². The highest BCUT2D eigenvalue weighted by Gasteiger charge is 2.45. The fraction of sp³-hybridized carbons (Fsp3) is 0.294. The van der Waals surface area contributed by atoms with Crippen molar-refractivity contribution in [3.63, 3.8) is 0 Å². The Kier molecular flexibility index (Phi) is 9.48. The molecule has 4 atom stereocenters. The van der Waals surface area contributed by atoms with Crippen LogP contribution in [0.1, 0.15) is 47.3 Å². The fourth-order valence-electron chi connectivity index (χ4n) is 6.37. The summed E-state index contributed by atoms with van der Waals surface area (Å²) in [4.78, 5) is 75.5. The van der Waals surface area contributed by atoms with Crippen molar-refractivity contribution < 1.29 is 37.9 Å². The lowest BCUT2D eigenvalue weighted by Crippen LogP contribution is -2.60. The summed E-state index contributed by atoms with van der Waals surface area (Å²) in [5, 5.41) is 6.10. The van der Waals surface area contributed by atoms with E-state index in [4.69, 9.17) is 0 Å². The monoisotopic (exact) mass is 692 g/mol. The summed E-state index contributed by atoms with van der Waals surface area (Å²) >= 11 is 1.07. The van der Waals surface area contributed by atoms with E-state index in [9.17, 15) is 37.9 Å². The predicted octanol–water partition coefficient (Wildman–Crippen LogP) is 5.06. The minimum Gasteiger partial charge on any atom is -0.340 e. The molecule has 3 heterocycles. The largest absolute Gasteiger partial charge is 0.363 e. The number of amides is 4. The molecule has 2 aliphatic heterocycles. The molecule has 1 unspecified atom stereocenters. The lowest BCUT2D eigenvalue weighted by atomic mass is 10.1. The summed E-state index contributed by atoms with van der Waals surface area (Å²) in [7, 11) is -5.02. The molecule has 4 aromatic rings. The summed E-state index contributed by atoms with van der Waals surface area (Å²) in [5.74, 6) is -4.17. The quantitative estimate of drug-likeness (QED) is 0.197. The van der Waals surface area contributed by atoms with Gasteiger partial charge >= 0.3 is 7.60 Å². The number of alkyl halides is 1. The SMILES string of the molecule is CC(=O)N1CC[C@H]2CC[C@@H](C(=O)Nc3ccc(-c4ccccc4)cc3)N2C(=O)[C@@H](NC(=O)c2cc3cc(C(F)P(=O)(O)O)ccc3s2)C1. The van der Waals surface area contributed by atoms with Crippen LogP contribution < -0.4 is 10.6 Å². The fourth-order valence-corrected chi connectivity index (χ4v) is 7.87. The smallest absolute Gasteiger partial charge is 0.340 e. The standard InChI is InChI=1S/C34H34FN4O7PS/c1-20(40)38-16-15-26-12-13-28(32(41)36-25-10-7-22(8-11-25)21-5-3-2-4-6-21)39(26)34(43)27(19-38)37-33(42)30-18-24-17-23(9-14-29(24)48-30)31(35)47(44,45)46/h2-11,14,17-18,26-28,31H,12-13,15-16,19H2,1H3,(H,36,41)(H,37,42)(H2,44,45,46)/t26-,27+,28+,31?/m1/s1. The molecule has 250 valence electrons. The van der Waals surface area contributed by atoms with E-state index in [1.165, 1.54) is 36.1 Å². The van der Waals surface area contributed by atoms with E-state index in [0.29, 0.717) is 41.6 Å².